The lowest BCUT2D eigenvalue weighted by molar-refractivity contribution is -0.139. The summed E-state index contributed by atoms with van der Waals surface area (Å²) in [6.45, 7) is 5.74. The number of carbonyl (C=O) groups is 2. The van der Waals surface area contributed by atoms with E-state index in [-0.39, 0.29) is 18.0 Å². The van der Waals surface area contributed by atoms with Crippen molar-refractivity contribution < 1.29 is 18.8 Å². The Balaban J connectivity index is 1.20. The molecule has 0 bridgehead atoms. The van der Waals surface area contributed by atoms with Gasteiger partial charge in [0.05, 0.1) is 23.3 Å². The maximum atomic E-state index is 12.9. The Labute approximate surface area is 219 Å². The minimum absolute atomic E-state index is 0.0775. The van der Waals surface area contributed by atoms with E-state index in [9.17, 15) is 9.59 Å². The summed E-state index contributed by atoms with van der Waals surface area (Å²) in [5.41, 5.74) is 7.43. The van der Waals surface area contributed by atoms with E-state index in [0.717, 1.165) is 40.8 Å². The van der Waals surface area contributed by atoms with Crippen LogP contribution in [0.3, 0.4) is 0 Å². The number of hydrogen-bond acceptors (Lipinski definition) is 8. The zero-order valence-electron chi connectivity index (χ0n) is 21.5. The van der Waals surface area contributed by atoms with Crippen LogP contribution >= 0.6 is 0 Å². The molecule has 1 saturated carbocycles. The van der Waals surface area contributed by atoms with Gasteiger partial charge in [-0.05, 0) is 64.3 Å². The zero-order valence-corrected chi connectivity index (χ0v) is 21.5. The summed E-state index contributed by atoms with van der Waals surface area (Å²) >= 11 is 0. The highest BCUT2D eigenvalue weighted by Gasteiger charge is 2.36. The predicted octanol–water partition coefficient (Wildman–Crippen LogP) is 4.18. The summed E-state index contributed by atoms with van der Waals surface area (Å²) < 4.78 is 13.0. The van der Waals surface area contributed by atoms with Crippen molar-refractivity contribution in [2.75, 3.05) is 5.32 Å². The Hall–Kier alpha value is -4.25. The summed E-state index contributed by atoms with van der Waals surface area (Å²) in [6, 6.07) is 8.68. The van der Waals surface area contributed by atoms with Gasteiger partial charge in [-0.1, -0.05) is 5.16 Å². The molecule has 3 aromatic heterocycles. The Morgan fingerprint density at radius 1 is 1.18 bits per heavy atom. The lowest BCUT2D eigenvalue weighted by Crippen LogP contribution is -2.55. The van der Waals surface area contributed by atoms with Crippen LogP contribution in [0.25, 0.3) is 10.9 Å². The van der Waals surface area contributed by atoms with Gasteiger partial charge in [-0.25, -0.2) is 14.8 Å². The molecule has 3 N–H and O–H groups in total. The van der Waals surface area contributed by atoms with Crippen LogP contribution in [-0.2, 0) is 17.8 Å². The molecule has 1 unspecified atom stereocenters. The minimum Gasteiger partial charge on any atom is -0.439 e. The lowest BCUT2D eigenvalue weighted by atomic mass is 9.96. The predicted molar refractivity (Wildman–Crippen MR) is 139 cm³/mol. The average molecular weight is 516 g/mol. The zero-order chi connectivity index (χ0) is 26.6. The number of nitrogens with one attached hydrogen (secondary N) is 1. The maximum Gasteiger partial charge on any atom is 0.331 e. The highest BCUT2D eigenvalue weighted by Crippen LogP contribution is 2.40. The standard InChI is InChI=1S/C27H29N7O4/c1-15-10-19-20(13-34(15)25(35)27(2,3)28)29-14-30-24(19)37-18-6-7-21-17(11-18)8-9-33(21)26(36)31-23-12-22(38-32-23)16-4-5-16/h6-9,11-12,14-16H,4-5,10,13,28H2,1-3H3,(H,31,32,36). The molecule has 0 radical (unpaired) electrons. The molecule has 0 saturated heterocycles. The number of rotatable bonds is 5. The van der Waals surface area contributed by atoms with Crippen molar-refractivity contribution in [3.05, 3.63) is 59.9 Å². The van der Waals surface area contributed by atoms with Crippen LogP contribution in [0.1, 0.15) is 56.5 Å². The van der Waals surface area contributed by atoms with Gasteiger partial charge in [0.1, 0.15) is 17.8 Å². The molecule has 1 atom stereocenters. The topological polar surface area (TPSA) is 141 Å². The first kappa shape index (κ1) is 24.1. The summed E-state index contributed by atoms with van der Waals surface area (Å²) in [5, 5.41) is 7.57. The van der Waals surface area contributed by atoms with E-state index in [4.69, 9.17) is 15.0 Å². The number of fused-ring (bicyclic) bond motifs is 2. The van der Waals surface area contributed by atoms with Crippen LogP contribution in [0, 0.1) is 0 Å². The van der Waals surface area contributed by atoms with Gasteiger partial charge in [0, 0.05) is 35.2 Å². The van der Waals surface area contributed by atoms with E-state index in [1.165, 1.54) is 10.9 Å². The van der Waals surface area contributed by atoms with Gasteiger partial charge in [0.15, 0.2) is 5.82 Å². The molecular weight excluding hydrogens is 486 g/mol. The third kappa shape index (κ3) is 4.49. The molecule has 11 nitrogen and oxygen atoms in total. The Bertz CT molecular complexity index is 1550. The van der Waals surface area contributed by atoms with Crippen molar-refractivity contribution in [1.29, 1.82) is 0 Å². The molecule has 0 spiro atoms. The van der Waals surface area contributed by atoms with Gasteiger partial charge in [0.25, 0.3) is 0 Å². The number of ether oxygens (including phenoxy) is 1. The van der Waals surface area contributed by atoms with Gasteiger partial charge >= 0.3 is 6.03 Å². The van der Waals surface area contributed by atoms with Crippen molar-refractivity contribution in [1.82, 2.24) is 24.6 Å². The molecule has 2 amide bonds. The van der Waals surface area contributed by atoms with E-state index in [1.807, 2.05) is 25.1 Å². The van der Waals surface area contributed by atoms with Gasteiger partial charge in [0.2, 0.25) is 11.8 Å². The number of anilines is 1. The molecule has 11 heteroatoms. The first-order valence-electron chi connectivity index (χ1n) is 12.7. The molecule has 1 aromatic carbocycles. The maximum absolute atomic E-state index is 12.9. The van der Waals surface area contributed by atoms with Gasteiger partial charge < -0.3 is 19.9 Å². The number of aromatic nitrogens is 4. The Morgan fingerprint density at radius 2 is 2.00 bits per heavy atom. The second kappa shape index (κ2) is 8.95. The van der Waals surface area contributed by atoms with Crippen molar-refractivity contribution >= 4 is 28.7 Å². The first-order chi connectivity index (χ1) is 18.2. The van der Waals surface area contributed by atoms with Crippen LogP contribution in [0.15, 0.2) is 47.4 Å². The fourth-order valence-corrected chi connectivity index (χ4v) is 4.78. The van der Waals surface area contributed by atoms with Crippen LogP contribution in [-0.4, -0.2) is 48.1 Å². The fourth-order valence-electron chi connectivity index (χ4n) is 4.78. The van der Waals surface area contributed by atoms with E-state index < -0.39 is 5.54 Å². The fraction of sp³-hybridized carbons (Fsp3) is 0.370. The lowest BCUT2D eigenvalue weighted by Gasteiger charge is -2.37. The minimum atomic E-state index is -0.963. The first-order valence-corrected chi connectivity index (χ1v) is 12.7. The number of nitrogens with zero attached hydrogens (tertiary/aromatic N) is 5. The number of amides is 2. The van der Waals surface area contributed by atoms with E-state index in [1.54, 1.807) is 37.1 Å². The average Bonchev–Trinajstić information content (AvgIpc) is 3.47. The van der Waals surface area contributed by atoms with Gasteiger partial charge in [-0.15, -0.1) is 0 Å². The Morgan fingerprint density at radius 3 is 2.76 bits per heavy atom. The molecule has 1 fully saturated rings. The summed E-state index contributed by atoms with van der Waals surface area (Å²) in [4.78, 5) is 36.2. The molecule has 38 heavy (non-hydrogen) atoms. The SMILES string of the molecule is CC1Cc2c(ncnc2Oc2ccc3c(ccn3C(=O)Nc3cc(C4CC4)on3)c2)CN1C(=O)C(C)(C)N. The molecule has 1 aliphatic heterocycles. The third-order valence-electron chi connectivity index (χ3n) is 7.00. The number of hydrogen-bond donors (Lipinski definition) is 2. The van der Waals surface area contributed by atoms with Crippen molar-refractivity contribution in [2.45, 2.75) is 64.1 Å². The highest BCUT2D eigenvalue weighted by atomic mass is 16.5. The summed E-state index contributed by atoms with van der Waals surface area (Å²) in [6.07, 6.45) is 5.88. The quantitative estimate of drug-likeness (QED) is 0.403. The Kier molecular flexibility index (Phi) is 5.68. The van der Waals surface area contributed by atoms with E-state index in [2.05, 4.69) is 20.4 Å². The molecule has 196 valence electrons. The van der Waals surface area contributed by atoms with Crippen LogP contribution in [0.2, 0.25) is 0 Å². The largest absolute Gasteiger partial charge is 0.439 e. The molecule has 1 aliphatic carbocycles. The molecule has 4 heterocycles. The monoisotopic (exact) mass is 515 g/mol. The molecule has 4 aromatic rings. The van der Waals surface area contributed by atoms with Crippen LogP contribution < -0.4 is 15.8 Å². The van der Waals surface area contributed by atoms with E-state index >= 15 is 0 Å². The van der Waals surface area contributed by atoms with Crippen LogP contribution in [0.4, 0.5) is 10.6 Å². The highest BCUT2D eigenvalue weighted by molar-refractivity contribution is 5.98. The molecular formula is C27H29N7O4. The number of nitrogens with two attached hydrogens (primary N) is 1. The number of carbonyl (C=O) groups excluding carboxylic acids is 2. The van der Waals surface area contributed by atoms with Gasteiger partial charge in [-0.2, -0.15) is 0 Å². The van der Waals surface area contributed by atoms with Gasteiger partial charge in [-0.3, -0.25) is 14.7 Å². The second-order valence-electron chi connectivity index (χ2n) is 10.6. The van der Waals surface area contributed by atoms with Crippen molar-refractivity contribution in [3.8, 4) is 11.6 Å². The summed E-state index contributed by atoms with van der Waals surface area (Å²) in [7, 11) is 0. The third-order valence-corrected chi connectivity index (χ3v) is 7.00. The smallest absolute Gasteiger partial charge is 0.331 e. The second-order valence-corrected chi connectivity index (χ2v) is 10.6. The molecule has 6 rings (SSSR count). The molecule has 2 aliphatic rings. The van der Waals surface area contributed by atoms with Crippen LogP contribution in [0.5, 0.6) is 11.6 Å². The normalized spacial score (nSPS) is 17.4. The van der Waals surface area contributed by atoms with Crippen molar-refractivity contribution in [3.63, 3.8) is 0 Å². The summed E-state index contributed by atoms with van der Waals surface area (Å²) in [5.74, 6) is 2.54. The van der Waals surface area contributed by atoms with Crippen molar-refractivity contribution in [2.24, 2.45) is 5.73 Å². The number of benzene rings is 1. The van der Waals surface area contributed by atoms with E-state index in [0.29, 0.717) is 36.3 Å².